The topological polar surface area (TPSA) is 63.4 Å². The van der Waals surface area contributed by atoms with Gasteiger partial charge in [0.1, 0.15) is 5.82 Å². The third-order valence-corrected chi connectivity index (χ3v) is 4.37. The van der Waals surface area contributed by atoms with Gasteiger partial charge in [-0.1, -0.05) is 0 Å². The summed E-state index contributed by atoms with van der Waals surface area (Å²) in [6.07, 6.45) is 2.22. The first-order valence-corrected chi connectivity index (χ1v) is 7.79. The number of nitrogens with zero attached hydrogens (tertiary/aromatic N) is 1. The molecule has 5 heteroatoms. The van der Waals surface area contributed by atoms with Crippen LogP contribution in [0.25, 0.3) is 0 Å². The molecule has 22 heavy (non-hydrogen) atoms. The smallest absolute Gasteiger partial charge is 0.223 e. The Morgan fingerprint density at radius 2 is 1.82 bits per heavy atom. The zero-order valence-electron chi connectivity index (χ0n) is 12.9. The maximum atomic E-state index is 12.8. The van der Waals surface area contributed by atoms with Crippen LogP contribution in [0.3, 0.4) is 0 Å². The summed E-state index contributed by atoms with van der Waals surface area (Å²) in [5.74, 6) is -0.00747. The summed E-state index contributed by atoms with van der Waals surface area (Å²) in [5.41, 5.74) is 6.34. The van der Waals surface area contributed by atoms with Gasteiger partial charge in [-0.25, -0.2) is 4.39 Å². The van der Waals surface area contributed by atoms with Crippen molar-refractivity contribution in [1.82, 2.24) is 4.90 Å². The van der Waals surface area contributed by atoms with Crippen molar-refractivity contribution < 1.29 is 14.0 Å². The highest BCUT2D eigenvalue weighted by Gasteiger charge is 2.24. The Morgan fingerprint density at radius 1 is 1.23 bits per heavy atom. The zero-order chi connectivity index (χ0) is 16.1. The Labute approximate surface area is 130 Å². The first kappa shape index (κ1) is 16.6. The molecule has 0 saturated carbocycles. The van der Waals surface area contributed by atoms with E-state index in [2.05, 4.69) is 0 Å². The van der Waals surface area contributed by atoms with Crippen LogP contribution in [0, 0.1) is 11.7 Å². The van der Waals surface area contributed by atoms with Crippen LogP contribution in [0.5, 0.6) is 0 Å². The second-order valence-electron chi connectivity index (χ2n) is 6.01. The van der Waals surface area contributed by atoms with Crippen LogP contribution < -0.4 is 5.73 Å². The number of amides is 1. The molecular formula is C17H23FN2O2. The van der Waals surface area contributed by atoms with Crippen molar-refractivity contribution in [1.29, 1.82) is 0 Å². The number of benzene rings is 1. The van der Waals surface area contributed by atoms with E-state index >= 15 is 0 Å². The van der Waals surface area contributed by atoms with Crippen molar-refractivity contribution in [3.63, 3.8) is 0 Å². The highest BCUT2D eigenvalue weighted by molar-refractivity contribution is 5.97. The van der Waals surface area contributed by atoms with Crippen LogP contribution >= 0.6 is 0 Å². The van der Waals surface area contributed by atoms with Crippen LogP contribution in [0.1, 0.15) is 43.0 Å². The monoisotopic (exact) mass is 306 g/mol. The Bertz CT molecular complexity index is 520. The maximum absolute atomic E-state index is 12.8. The molecule has 1 fully saturated rings. The first-order chi connectivity index (χ1) is 10.5. The van der Waals surface area contributed by atoms with Gasteiger partial charge in [-0.2, -0.15) is 0 Å². The normalized spacial score (nSPS) is 17.3. The van der Waals surface area contributed by atoms with Crippen LogP contribution in [-0.4, -0.2) is 35.7 Å². The average molecular weight is 306 g/mol. The van der Waals surface area contributed by atoms with E-state index < -0.39 is 0 Å². The zero-order valence-corrected chi connectivity index (χ0v) is 12.9. The Balaban J connectivity index is 1.78. The highest BCUT2D eigenvalue weighted by atomic mass is 19.1. The lowest BCUT2D eigenvalue weighted by atomic mass is 9.91. The van der Waals surface area contributed by atoms with Crippen molar-refractivity contribution in [2.75, 3.05) is 13.1 Å². The number of nitrogens with two attached hydrogens (primary N) is 1. The second kappa shape index (κ2) is 7.49. The molecule has 1 heterocycles. The lowest BCUT2D eigenvalue weighted by molar-refractivity contribution is -0.132. The Hall–Kier alpha value is -1.75. The molecule has 2 rings (SSSR count). The molecular weight excluding hydrogens is 283 g/mol. The molecule has 1 unspecified atom stereocenters. The van der Waals surface area contributed by atoms with Crippen molar-refractivity contribution >= 4 is 11.7 Å². The number of hydrogen-bond donors (Lipinski definition) is 1. The van der Waals surface area contributed by atoms with Crippen molar-refractivity contribution in [2.24, 2.45) is 11.7 Å². The van der Waals surface area contributed by atoms with Crippen molar-refractivity contribution in [3.05, 3.63) is 35.6 Å². The van der Waals surface area contributed by atoms with Crippen LogP contribution in [0.15, 0.2) is 24.3 Å². The minimum Gasteiger partial charge on any atom is -0.343 e. The van der Waals surface area contributed by atoms with Gasteiger partial charge < -0.3 is 10.6 Å². The van der Waals surface area contributed by atoms with Gasteiger partial charge in [0.25, 0.3) is 0 Å². The van der Waals surface area contributed by atoms with E-state index in [0.29, 0.717) is 11.5 Å². The third-order valence-electron chi connectivity index (χ3n) is 4.37. The molecule has 0 bridgehead atoms. The summed E-state index contributed by atoms with van der Waals surface area (Å²) in [6, 6.07) is 5.59. The van der Waals surface area contributed by atoms with E-state index in [1.165, 1.54) is 24.3 Å². The summed E-state index contributed by atoms with van der Waals surface area (Å²) in [7, 11) is 0. The van der Waals surface area contributed by atoms with E-state index in [0.717, 1.165) is 25.9 Å². The average Bonchev–Trinajstić information content (AvgIpc) is 2.53. The summed E-state index contributed by atoms with van der Waals surface area (Å²) < 4.78 is 12.8. The predicted molar refractivity (Wildman–Crippen MR) is 82.9 cm³/mol. The fraction of sp³-hybridized carbons (Fsp3) is 0.529. The summed E-state index contributed by atoms with van der Waals surface area (Å²) >= 11 is 0. The van der Waals surface area contributed by atoms with E-state index in [4.69, 9.17) is 5.73 Å². The summed E-state index contributed by atoms with van der Waals surface area (Å²) in [5, 5.41) is 0. The van der Waals surface area contributed by atoms with Gasteiger partial charge in [-0.05, 0) is 49.9 Å². The number of likely N-dealkylation sites (tertiary alicyclic amines) is 1. The van der Waals surface area contributed by atoms with Crippen molar-refractivity contribution in [3.8, 4) is 0 Å². The highest BCUT2D eigenvalue weighted by Crippen LogP contribution is 2.20. The van der Waals surface area contributed by atoms with Gasteiger partial charge in [-0.15, -0.1) is 0 Å². The van der Waals surface area contributed by atoms with Crippen LogP contribution in [0.4, 0.5) is 4.39 Å². The number of halogens is 1. The number of hydrogen-bond acceptors (Lipinski definition) is 3. The molecule has 1 saturated heterocycles. The van der Waals surface area contributed by atoms with E-state index in [-0.39, 0.29) is 36.4 Å². The van der Waals surface area contributed by atoms with Gasteiger partial charge >= 0.3 is 0 Å². The number of Topliss-reactive ketones (excluding diaryl/α,β-unsaturated/α-hetero) is 1. The lowest BCUT2D eigenvalue weighted by Gasteiger charge is -2.33. The third kappa shape index (κ3) is 4.37. The molecule has 2 N–H and O–H groups in total. The van der Waals surface area contributed by atoms with E-state index in [1.807, 2.05) is 11.8 Å². The number of carbonyl (C=O) groups excluding carboxylic acids is 2. The van der Waals surface area contributed by atoms with Crippen LogP contribution in [0.2, 0.25) is 0 Å². The molecule has 1 atom stereocenters. The Kier molecular flexibility index (Phi) is 5.66. The van der Waals surface area contributed by atoms with Gasteiger partial charge in [-0.3, -0.25) is 9.59 Å². The minimum atomic E-state index is -0.371. The van der Waals surface area contributed by atoms with E-state index in [1.54, 1.807) is 0 Å². The molecule has 1 aromatic carbocycles. The lowest BCUT2D eigenvalue weighted by Crippen LogP contribution is -2.42. The molecule has 0 aromatic heterocycles. The number of ketones is 1. The molecule has 1 aliphatic heterocycles. The summed E-state index contributed by atoms with van der Waals surface area (Å²) in [4.78, 5) is 25.9. The second-order valence-corrected chi connectivity index (χ2v) is 6.01. The molecule has 0 radical (unpaired) electrons. The fourth-order valence-corrected chi connectivity index (χ4v) is 2.83. The molecule has 1 aromatic rings. The largest absolute Gasteiger partial charge is 0.343 e. The number of piperidine rings is 1. The predicted octanol–water partition coefficient (Wildman–Crippen LogP) is 2.37. The van der Waals surface area contributed by atoms with Gasteiger partial charge in [0.2, 0.25) is 5.91 Å². The Morgan fingerprint density at radius 3 is 2.36 bits per heavy atom. The maximum Gasteiger partial charge on any atom is 0.223 e. The fourth-order valence-electron chi connectivity index (χ4n) is 2.83. The molecule has 0 spiro atoms. The van der Waals surface area contributed by atoms with Crippen LogP contribution in [-0.2, 0) is 4.79 Å². The molecule has 120 valence electrons. The number of carbonyl (C=O) groups is 2. The van der Waals surface area contributed by atoms with Gasteiger partial charge in [0.05, 0.1) is 0 Å². The SMILES string of the molecule is CC(N)C1CCN(C(=O)CCC(=O)c2ccc(F)cc2)CC1. The molecule has 1 amide bonds. The molecule has 0 aliphatic carbocycles. The molecule has 4 nitrogen and oxygen atoms in total. The molecule has 1 aliphatic rings. The first-order valence-electron chi connectivity index (χ1n) is 7.79. The standard InChI is InChI=1S/C17H23FN2O2/c1-12(19)13-8-10-20(11-9-13)17(22)7-6-16(21)14-2-4-15(18)5-3-14/h2-5,12-13H,6-11,19H2,1H3. The minimum absolute atomic E-state index is 0.0126. The van der Waals surface area contributed by atoms with Crippen molar-refractivity contribution in [2.45, 2.75) is 38.6 Å². The van der Waals surface area contributed by atoms with E-state index in [9.17, 15) is 14.0 Å². The van der Waals surface area contributed by atoms with Gasteiger partial charge in [0.15, 0.2) is 5.78 Å². The van der Waals surface area contributed by atoms with Gasteiger partial charge in [0, 0.05) is 37.5 Å². The summed E-state index contributed by atoms with van der Waals surface area (Å²) in [6.45, 7) is 3.44. The quantitative estimate of drug-likeness (QED) is 0.850. The number of rotatable bonds is 5.